The van der Waals surface area contributed by atoms with E-state index in [1.165, 1.54) is 88.8 Å². The molecule has 2 heteroatoms. The highest BCUT2D eigenvalue weighted by Gasteiger charge is 2.45. The van der Waals surface area contributed by atoms with Crippen LogP contribution in [0.15, 0.2) is 133 Å². The zero-order valence-corrected chi connectivity index (χ0v) is 34.1. The predicted molar refractivity (Wildman–Crippen MR) is 236 cm³/mol. The van der Waals surface area contributed by atoms with Crippen molar-refractivity contribution in [3.05, 3.63) is 167 Å². The summed E-state index contributed by atoms with van der Waals surface area (Å²) in [6.45, 7) is 17.7. The Kier molecular flexibility index (Phi) is 8.35. The van der Waals surface area contributed by atoms with Crippen molar-refractivity contribution in [1.82, 2.24) is 0 Å². The van der Waals surface area contributed by atoms with Gasteiger partial charge in [0.2, 0.25) is 5.69 Å². The Morgan fingerprint density at radius 3 is 1.84 bits per heavy atom. The molecule has 1 aliphatic carbocycles. The van der Waals surface area contributed by atoms with Crippen LogP contribution in [0.4, 0.5) is 11.4 Å². The Labute approximate surface area is 328 Å². The average Bonchev–Trinajstić information content (AvgIpc) is 3.66. The van der Waals surface area contributed by atoms with E-state index in [1.807, 2.05) is 0 Å². The number of allylic oxidation sites excluding steroid dienone is 4. The number of nitrogens with zero attached hydrogens (tertiary/aromatic N) is 2. The molecular weight excluding hydrogens is 665 g/mol. The quantitative estimate of drug-likeness (QED) is 0.142. The molecule has 2 heterocycles. The smallest absolute Gasteiger partial charge is 0.210 e. The molecule has 6 aromatic rings. The van der Waals surface area contributed by atoms with E-state index < -0.39 is 0 Å². The Morgan fingerprint density at radius 2 is 1.22 bits per heavy atom. The highest BCUT2D eigenvalue weighted by Crippen LogP contribution is 2.54. The summed E-state index contributed by atoms with van der Waals surface area (Å²) in [5.41, 5.74) is 16.6. The molecule has 0 spiro atoms. The van der Waals surface area contributed by atoms with Crippen molar-refractivity contribution in [2.45, 2.75) is 90.4 Å². The summed E-state index contributed by atoms with van der Waals surface area (Å²) in [4.78, 5) is 2.66. The number of rotatable bonds is 8. The zero-order chi connectivity index (χ0) is 38.3. The number of anilines is 1. The third-order valence-electron chi connectivity index (χ3n) is 13.7. The van der Waals surface area contributed by atoms with Gasteiger partial charge >= 0.3 is 0 Å². The lowest BCUT2D eigenvalue weighted by Gasteiger charge is -2.31. The molecule has 276 valence electrons. The number of hydrogen-bond acceptors (Lipinski definition) is 1. The molecule has 0 aromatic heterocycles. The Morgan fingerprint density at radius 1 is 0.636 bits per heavy atom. The first-order valence-electron chi connectivity index (χ1n) is 20.6. The zero-order valence-electron chi connectivity index (χ0n) is 34.1. The summed E-state index contributed by atoms with van der Waals surface area (Å²) in [5, 5.41) is 5.33. The van der Waals surface area contributed by atoms with E-state index in [2.05, 4.69) is 192 Å². The van der Waals surface area contributed by atoms with Crippen molar-refractivity contribution in [2.24, 2.45) is 0 Å². The fraction of sp³-hybridized carbons (Fsp3) is 0.302. The topological polar surface area (TPSA) is 6.25 Å². The molecule has 2 nitrogen and oxygen atoms in total. The van der Waals surface area contributed by atoms with Crippen LogP contribution in [-0.2, 0) is 29.1 Å². The van der Waals surface area contributed by atoms with Crippen molar-refractivity contribution in [2.75, 3.05) is 18.5 Å². The van der Waals surface area contributed by atoms with Gasteiger partial charge < -0.3 is 4.90 Å². The second-order valence-electron chi connectivity index (χ2n) is 17.5. The first-order valence-corrected chi connectivity index (χ1v) is 20.6. The van der Waals surface area contributed by atoms with E-state index in [1.54, 1.807) is 0 Å². The van der Waals surface area contributed by atoms with Gasteiger partial charge in [-0.05, 0) is 118 Å². The van der Waals surface area contributed by atoms with Crippen molar-refractivity contribution < 1.29 is 4.58 Å². The minimum absolute atomic E-state index is 0.0271. The summed E-state index contributed by atoms with van der Waals surface area (Å²) in [5.74, 6) is 0. The van der Waals surface area contributed by atoms with Crippen LogP contribution >= 0.6 is 0 Å². The van der Waals surface area contributed by atoms with Crippen LogP contribution in [0, 0.1) is 0 Å². The molecule has 55 heavy (non-hydrogen) atoms. The maximum Gasteiger partial charge on any atom is 0.210 e. The summed E-state index contributed by atoms with van der Waals surface area (Å²) in [6.07, 6.45) is 11.4. The maximum absolute atomic E-state index is 2.66. The van der Waals surface area contributed by atoms with Gasteiger partial charge in [0.25, 0.3) is 0 Å². The number of aryl methyl sites for hydroxylation is 2. The monoisotopic (exact) mass is 719 g/mol. The highest BCUT2D eigenvalue weighted by molar-refractivity contribution is 6.07. The molecule has 0 saturated carbocycles. The maximum atomic E-state index is 2.66. The van der Waals surface area contributed by atoms with Gasteiger partial charge in [-0.2, -0.15) is 4.58 Å². The summed E-state index contributed by atoms with van der Waals surface area (Å²) < 4.78 is 2.41. The van der Waals surface area contributed by atoms with Gasteiger partial charge in [-0.1, -0.05) is 132 Å². The van der Waals surface area contributed by atoms with Gasteiger partial charge in [-0.15, -0.1) is 0 Å². The second-order valence-corrected chi connectivity index (χ2v) is 17.5. The standard InChI is InChI=1S/C53H55N2/c1-9-35-23-27-41-42-28-24-36(10-2)34-44(42)53(7,43(41)33-35)31-16-32-55-46-30-26-38-18-12-14-20-40(38)50(46)52(5,6)48(55)22-15-21-47-51(3,4)49-39-19-13-11-17-37(39)25-29-45(49)54(47)8/h11-15,17-30,33-34H,9-10,16,31-32H2,1-8H3/q+1. The van der Waals surface area contributed by atoms with E-state index in [9.17, 15) is 0 Å². The minimum atomic E-state index is -0.163. The van der Waals surface area contributed by atoms with Crippen LogP contribution in [0.2, 0.25) is 0 Å². The summed E-state index contributed by atoms with van der Waals surface area (Å²) in [6, 6.07) is 41.5. The molecule has 6 aromatic carbocycles. The van der Waals surface area contributed by atoms with Crippen molar-refractivity contribution in [3.63, 3.8) is 0 Å². The van der Waals surface area contributed by atoms with Gasteiger partial charge in [-0.25, -0.2) is 0 Å². The van der Waals surface area contributed by atoms with Crippen LogP contribution in [0.25, 0.3) is 32.7 Å². The van der Waals surface area contributed by atoms with E-state index in [0.29, 0.717) is 0 Å². The summed E-state index contributed by atoms with van der Waals surface area (Å²) >= 11 is 0. The molecule has 3 aliphatic rings. The van der Waals surface area contributed by atoms with Crippen molar-refractivity contribution in [3.8, 4) is 11.1 Å². The third-order valence-corrected chi connectivity index (χ3v) is 13.7. The summed E-state index contributed by atoms with van der Waals surface area (Å²) in [7, 11) is 2.23. The fourth-order valence-corrected chi connectivity index (χ4v) is 10.7. The van der Waals surface area contributed by atoms with Crippen LogP contribution in [-0.4, -0.2) is 23.9 Å². The molecule has 0 saturated heterocycles. The molecule has 0 unspecified atom stereocenters. The third kappa shape index (κ3) is 5.31. The molecule has 2 aliphatic heterocycles. The lowest BCUT2D eigenvalue weighted by Crippen LogP contribution is -2.29. The number of fused-ring (bicyclic) bond motifs is 9. The lowest BCUT2D eigenvalue weighted by molar-refractivity contribution is -0.401. The van der Waals surface area contributed by atoms with Crippen LogP contribution in [0.3, 0.4) is 0 Å². The molecule has 0 radical (unpaired) electrons. The lowest BCUT2D eigenvalue weighted by atomic mass is 9.75. The van der Waals surface area contributed by atoms with E-state index in [-0.39, 0.29) is 16.2 Å². The van der Waals surface area contributed by atoms with Crippen molar-refractivity contribution in [1.29, 1.82) is 0 Å². The van der Waals surface area contributed by atoms with Crippen molar-refractivity contribution >= 4 is 38.6 Å². The van der Waals surface area contributed by atoms with E-state index in [4.69, 9.17) is 0 Å². The molecule has 0 fully saturated rings. The van der Waals surface area contributed by atoms with Gasteiger partial charge in [-0.3, -0.25) is 0 Å². The van der Waals surface area contributed by atoms with Gasteiger partial charge in [0.05, 0.1) is 5.41 Å². The SMILES string of the molecule is CCc1ccc2c(c1)C(C)(CCCN1/C(=C/C=C/C3=[N+](C)c4ccc5ccccc5c4C3(C)C)C(C)(C)c3c1ccc1ccccc31)c1cc(CC)ccc1-2. The number of hydrogen-bond donors (Lipinski definition) is 0. The molecule has 0 amide bonds. The largest absolute Gasteiger partial charge is 0.344 e. The first-order chi connectivity index (χ1) is 26.5. The molecule has 0 atom stereocenters. The van der Waals surface area contributed by atoms with E-state index >= 15 is 0 Å². The van der Waals surface area contributed by atoms with Gasteiger partial charge in [0.1, 0.15) is 7.05 Å². The average molecular weight is 720 g/mol. The molecule has 9 rings (SSSR count). The van der Waals surface area contributed by atoms with Crippen LogP contribution in [0.5, 0.6) is 0 Å². The highest BCUT2D eigenvalue weighted by atomic mass is 15.2. The van der Waals surface area contributed by atoms with E-state index in [0.717, 1.165) is 32.2 Å². The molecular formula is C53H55N2+. The van der Waals surface area contributed by atoms with Crippen LogP contribution in [0.1, 0.15) is 94.7 Å². The van der Waals surface area contributed by atoms with Gasteiger partial charge in [0.15, 0.2) is 5.71 Å². The fourth-order valence-electron chi connectivity index (χ4n) is 10.7. The molecule has 0 bridgehead atoms. The Balaban J connectivity index is 1.09. The Bertz CT molecular complexity index is 2570. The number of benzene rings is 6. The minimum Gasteiger partial charge on any atom is -0.344 e. The predicted octanol–water partition coefficient (Wildman–Crippen LogP) is 13.1. The van der Waals surface area contributed by atoms with Crippen LogP contribution < -0.4 is 4.90 Å². The Hall–Kier alpha value is -5.21. The van der Waals surface area contributed by atoms with Gasteiger partial charge in [0, 0.05) is 46.5 Å². The normalized spacial score (nSPS) is 18.1. The first kappa shape index (κ1) is 35.5. The second kappa shape index (κ2) is 12.9. The molecule has 0 N–H and O–H groups in total.